The number of nitrogens with one attached hydrogen (secondary N) is 1. The monoisotopic (exact) mass is 332 g/mol. The highest BCUT2D eigenvalue weighted by molar-refractivity contribution is 5.74. The van der Waals surface area contributed by atoms with Crippen LogP contribution in [0.2, 0.25) is 0 Å². The Labute approximate surface area is 144 Å². The van der Waals surface area contributed by atoms with Crippen molar-refractivity contribution in [3.05, 3.63) is 29.8 Å². The molecule has 1 saturated heterocycles. The standard InChI is InChI=1S/C19H28N2O3/c1-14-13-21(11-10-19(14,23)16-4-3-5-16)18(22)20-12-15-6-8-17(24-2)9-7-15/h6-9,14,16,23H,3-5,10-13H2,1-2H3,(H,20,22)/t14-,19+/m1/s1. The second-order valence-corrected chi connectivity index (χ2v) is 7.22. The van der Waals surface area contributed by atoms with Gasteiger partial charge in [0.1, 0.15) is 5.75 Å². The van der Waals surface area contributed by atoms with Gasteiger partial charge in [0.05, 0.1) is 12.7 Å². The van der Waals surface area contributed by atoms with E-state index in [1.807, 2.05) is 29.2 Å². The molecule has 0 bridgehead atoms. The van der Waals surface area contributed by atoms with Crippen LogP contribution in [-0.2, 0) is 6.54 Å². The van der Waals surface area contributed by atoms with Crippen molar-refractivity contribution in [2.24, 2.45) is 11.8 Å². The molecule has 2 N–H and O–H groups in total. The second kappa shape index (κ2) is 7.01. The number of piperidine rings is 1. The summed E-state index contributed by atoms with van der Waals surface area (Å²) in [6.45, 7) is 3.83. The van der Waals surface area contributed by atoms with Gasteiger partial charge in [0.25, 0.3) is 0 Å². The van der Waals surface area contributed by atoms with E-state index in [0.29, 0.717) is 32.0 Å². The Bertz CT molecular complexity index is 570. The number of likely N-dealkylation sites (tertiary alicyclic amines) is 1. The topological polar surface area (TPSA) is 61.8 Å². The Morgan fingerprint density at radius 3 is 2.62 bits per heavy atom. The number of ether oxygens (including phenoxy) is 1. The third-order valence-electron chi connectivity index (χ3n) is 5.83. The largest absolute Gasteiger partial charge is 0.497 e. The van der Waals surface area contributed by atoms with E-state index in [1.54, 1.807) is 7.11 Å². The first-order chi connectivity index (χ1) is 11.5. The number of rotatable bonds is 4. The van der Waals surface area contributed by atoms with Gasteiger partial charge in [0.15, 0.2) is 0 Å². The zero-order valence-corrected chi connectivity index (χ0v) is 14.6. The van der Waals surface area contributed by atoms with Crippen LogP contribution >= 0.6 is 0 Å². The molecule has 3 rings (SSSR count). The molecule has 1 aromatic rings. The summed E-state index contributed by atoms with van der Waals surface area (Å²) in [5.74, 6) is 1.37. The van der Waals surface area contributed by atoms with Crippen molar-refractivity contribution >= 4 is 6.03 Å². The summed E-state index contributed by atoms with van der Waals surface area (Å²) in [4.78, 5) is 14.2. The Morgan fingerprint density at radius 2 is 2.08 bits per heavy atom. The number of nitrogens with zero attached hydrogens (tertiary/aromatic N) is 1. The van der Waals surface area contributed by atoms with Crippen LogP contribution in [0.15, 0.2) is 24.3 Å². The highest BCUT2D eigenvalue weighted by Gasteiger charge is 2.47. The Morgan fingerprint density at radius 1 is 1.38 bits per heavy atom. The fourth-order valence-electron chi connectivity index (χ4n) is 3.87. The van der Waals surface area contributed by atoms with Crippen LogP contribution in [0.4, 0.5) is 4.79 Å². The molecule has 1 aliphatic heterocycles. The van der Waals surface area contributed by atoms with Crippen LogP contribution in [-0.4, -0.2) is 41.8 Å². The molecule has 24 heavy (non-hydrogen) atoms. The first kappa shape index (κ1) is 17.1. The second-order valence-electron chi connectivity index (χ2n) is 7.22. The third-order valence-corrected chi connectivity index (χ3v) is 5.83. The molecule has 2 fully saturated rings. The van der Waals surface area contributed by atoms with Crippen LogP contribution in [0.1, 0.15) is 38.2 Å². The predicted octanol–water partition coefficient (Wildman–Crippen LogP) is 2.78. The minimum Gasteiger partial charge on any atom is -0.497 e. The maximum absolute atomic E-state index is 12.4. The molecule has 1 aliphatic carbocycles. The van der Waals surface area contributed by atoms with Crippen molar-refractivity contribution in [1.29, 1.82) is 0 Å². The van der Waals surface area contributed by atoms with E-state index < -0.39 is 5.60 Å². The average Bonchev–Trinajstić information content (AvgIpc) is 2.54. The predicted molar refractivity (Wildman–Crippen MR) is 92.9 cm³/mol. The number of carbonyl (C=O) groups excluding carboxylic acids is 1. The lowest BCUT2D eigenvalue weighted by atomic mass is 9.65. The van der Waals surface area contributed by atoms with E-state index in [-0.39, 0.29) is 11.9 Å². The van der Waals surface area contributed by atoms with Crippen molar-refractivity contribution in [3.8, 4) is 5.75 Å². The van der Waals surface area contributed by atoms with Crippen LogP contribution in [0.5, 0.6) is 5.75 Å². The van der Waals surface area contributed by atoms with E-state index in [2.05, 4.69) is 12.2 Å². The smallest absolute Gasteiger partial charge is 0.317 e. The molecule has 0 aromatic heterocycles. The van der Waals surface area contributed by atoms with Gasteiger partial charge < -0.3 is 20.1 Å². The lowest BCUT2D eigenvalue weighted by Crippen LogP contribution is -2.58. The highest BCUT2D eigenvalue weighted by atomic mass is 16.5. The molecular formula is C19H28N2O3. The molecule has 0 unspecified atom stereocenters. The van der Waals surface area contributed by atoms with Gasteiger partial charge in [-0.3, -0.25) is 0 Å². The van der Waals surface area contributed by atoms with Gasteiger partial charge in [0, 0.05) is 25.6 Å². The van der Waals surface area contributed by atoms with Crippen LogP contribution in [0.25, 0.3) is 0 Å². The van der Waals surface area contributed by atoms with E-state index >= 15 is 0 Å². The average molecular weight is 332 g/mol. The van der Waals surface area contributed by atoms with Gasteiger partial charge in [-0.05, 0) is 42.9 Å². The summed E-state index contributed by atoms with van der Waals surface area (Å²) in [7, 11) is 1.64. The molecule has 5 nitrogen and oxygen atoms in total. The molecule has 2 atom stereocenters. The molecule has 1 saturated carbocycles. The van der Waals surface area contributed by atoms with Crippen LogP contribution < -0.4 is 10.1 Å². The van der Waals surface area contributed by atoms with Gasteiger partial charge >= 0.3 is 6.03 Å². The molecular weight excluding hydrogens is 304 g/mol. The van der Waals surface area contributed by atoms with Crippen molar-refractivity contribution < 1.29 is 14.6 Å². The first-order valence-electron chi connectivity index (χ1n) is 8.91. The summed E-state index contributed by atoms with van der Waals surface area (Å²) in [6.07, 6.45) is 4.18. The van der Waals surface area contributed by atoms with Gasteiger partial charge in [-0.1, -0.05) is 25.5 Å². The maximum atomic E-state index is 12.4. The molecule has 2 aliphatic rings. The number of carbonyl (C=O) groups is 1. The van der Waals surface area contributed by atoms with E-state index in [0.717, 1.165) is 24.2 Å². The lowest BCUT2D eigenvalue weighted by Gasteiger charge is -2.50. The lowest BCUT2D eigenvalue weighted by molar-refractivity contribution is -0.121. The van der Waals surface area contributed by atoms with Crippen molar-refractivity contribution in [2.75, 3.05) is 20.2 Å². The number of benzene rings is 1. The fraction of sp³-hybridized carbons (Fsp3) is 0.632. The van der Waals surface area contributed by atoms with Gasteiger partial charge in [-0.25, -0.2) is 4.79 Å². The SMILES string of the molecule is COc1ccc(CNC(=O)N2CC[C@@](O)(C3CCC3)[C@H](C)C2)cc1. The number of aliphatic hydroxyl groups is 1. The minimum atomic E-state index is -0.578. The van der Waals surface area contributed by atoms with E-state index in [1.165, 1.54) is 6.42 Å². The normalized spacial score (nSPS) is 27.5. The zero-order valence-electron chi connectivity index (χ0n) is 14.6. The number of amides is 2. The Kier molecular flexibility index (Phi) is 4.99. The molecule has 132 valence electrons. The summed E-state index contributed by atoms with van der Waals surface area (Å²) in [5, 5.41) is 13.9. The van der Waals surface area contributed by atoms with Gasteiger partial charge in [-0.15, -0.1) is 0 Å². The number of hydrogen-bond acceptors (Lipinski definition) is 3. The quantitative estimate of drug-likeness (QED) is 0.891. The summed E-state index contributed by atoms with van der Waals surface area (Å²) >= 11 is 0. The molecule has 1 aromatic carbocycles. The molecule has 0 spiro atoms. The Hall–Kier alpha value is -1.75. The summed E-state index contributed by atoms with van der Waals surface area (Å²) in [5.41, 5.74) is 0.463. The molecule has 1 heterocycles. The van der Waals surface area contributed by atoms with Gasteiger partial charge in [0.2, 0.25) is 0 Å². The number of methoxy groups -OCH3 is 1. The Balaban J connectivity index is 1.50. The summed E-state index contributed by atoms with van der Waals surface area (Å²) in [6, 6.07) is 7.64. The van der Waals surface area contributed by atoms with Crippen molar-refractivity contribution in [1.82, 2.24) is 10.2 Å². The first-order valence-corrected chi connectivity index (χ1v) is 8.91. The van der Waals surface area contributed by atoms with Crippen LogP contribution in [0.3, 0.4) is 0 Å². The molecule has 2 amide bonds. The highest BCUT2D eigenvalue weighted by Crippen LogP contribution is 2.44. The van der Waals surface area contributed by atoms with E-state index in [4.69, 9.17) is 4.74 Å². The maximum Gasteiger partial charge on any atom is 0.317 e. The van der Waals surface area contributed by atoms with Crippen LogP contribution in [0, 0.1) is 11.8 Å². The van der Waals surface area contributed by atoms with Crippen molar-refractivity contribution in [3.63, 3.8) is 0 Å². The molecule has 0 radical (unpaired) electrons. The summed E-state index contributed by atoms with van der Waals surface area (Å²) < 4.78 is 5.14. The third kappa shape index (κ3) is 3.36. The zero-order chi connectivity index (χ0) is 17.2. The minimum absolute atomic E-state index is 0.0478. The molecule has 5 heteroatoms. The van der Waals surface area contributed by atoms with Crippen molar-refractivity contribution in [2.45, 2.75) is 44.8 Å². The van der Waals surface area contributed by atoms with Gasteiger partial charge in [-0.2, -0.15) is 0 Å². The fourth-order valence-corrected chi connectivity index (χ4v) is 3.87. The number of urea groups is 1. The van der Waals surface area contributed by atoms with E-state index in [9.17, 15) is 9.90 Å². The number of hydrogen-bond donors (Lipinski definition) is 2.